The second kappa shape index (κ2) is 7.04. The maximum atomic E-state index is 11.7. The molecule has 2 aromatic carbocycles. The summed E-state index contributed by atoms with van der Waals surface area (Å²) in [6.45, 7) is 0.760. The van der Waals surface area contributed by atoms with Crippen LogP contribution in [0.4, 0.5) is 11.4 Å². The minimum Gasteiger partial charge on any atom is -0.361 e. The molecule has 132 valence electrons. The number of nitrogens with one attached hydrogen (secondary N) is 1. The number of benzene rings is 2. The Labute approximate surface area is 152 Å². The molecular formula is C21H21N3O2. The largest absolute Gasteiger partial charge is 0.361 e. The van der Waals surface area contributed by atoms with E-state index in [1.165, 1.54) is 22.5 Å². The molecule has 0 saturated carbocycles. The second-order valence-corrected chi connectivity index (χ2v) is 6.42. The summed E-state index contributed by atoms with van der Waals surface area (Å²) in [5.41, 5.74) is 5.51. The van der Waals surface area contributed by atoms with Gasteiger partial charge in [-0.15, -0.1) is 0 Å². The Morgan fingerprint density at radius 3 is 2.31 bits per heavy atom. The average Bonchev–Trinajstić information content (AvgIpc) is 3.10. The van der Waals surface area contributed by atoms with Crippen molar-refractivity contribution in [2.45, 2.75) is 19.3 Å². The van der Waals surface area contributed by atoms with Crippen LogP contribution in [0.15, 0.2) is 59.1 Å². The minimum atomic E-state index is -0.231. The van der Waals surface area contributed by atoms with Gasteiger partial charge in [-0.1, -0.05) is 41.6 Å². The van der Waals surface area contributed by atoms with Crippen LogP contribution in [-0.4, -0.2) is 24.7 Å². The van der Waals surface area contributed by atoms with Gasteiger partial charge in [-0.05, 0) is 36.1 Å². The minimum absolute atomic E-state index is 0.231. The molecule has 3 aromatic rings. The highest BCUT2D eigenvalue weighted by Gasteiger charge is 2.20. The lowest BCUT2D eigenvalue weighted by atomic mass is 10.0. The standard InChI is InChI=1S/C21H21N3O2/c1-22-21(25)18-14-17(26-23-18)12-13-24-19-8-4-2-6-15(19)10-11-16-7-3-5-9-20(16)24/h2-9,14H,10-13H2,1H3,(H,22,25). The summed E-state index contributed by atoms with van der Waals surface area (Å²) in [6.07, 6.45) is 2.74. The zero-order chi connectivity index (χ0) is 17.9. The number of amides is 1. The Bertz CT molecular complexity index is 885. The van der Waals surface area contributed by atoms with Crippen molar-refractivity contribution >= 4 is 17.3 Å². The third-order valence-corrected chi connectivity index (χ3v) is 4.83. The van der Waals surface area contributed by atoms with Crippen LogP contribution in [0.3, 0.4) is 0 Å². The van der Waals surface area contributed by atoms with E-state index in [0.717, 1.165) is 19.4 Å². The number of hydrogen-bond acceptors (Lipinski definition) is 4. The van der Waals surface area contributed by atoms with Crippen LogP contribution in [0, 0.1) is 0 Å². The first-order chi connectivity index (χ1) is 12.8. The third-order valence-electron chi connectivity index (χ3n) is 4.83. The van der Waals surface area contributed by atoms with Gasteiger partial charge in [0.05, 0.1) is 0 Å². The zero-order valence-corrected chi connectivity index (χ0v) is 14.7. The summed E-state index contributed by atoms with van der Waals surface area (Å²) in [5.74, 6) is 0.480. The van der Waals surface area contributed by atoms with Crippen LogP contribution in [0.2, 0.25) is 0 Å². The summed E-state index contributed by atoms with van der Waals surface area (Å²) in [4.78, 5) is 14.0. The SMILES string of the molecule is CNC(=O)c1cc(CCN2c3ccccc3CCc3ccccc32)on1. The Kier molecular flexibility index (Phi) is 4.44. The summed E-state index contributed by atoms with van der Waals surface area (Å²) in [5, 5.41) is 6.41. The van der Waals surface area contributed by atoms with E-state index < -0.39 is 0 Å². The van der Waals surface area contributed by atoms with Gasteiger partial charge in [0.15, 0.2) is 5.69 Å². The fourth-order valence-electron chi connectivity index (χ4n) is 3.50. The number of aromatic nitrogens is 1. The Morgan fingerprint density at radius 1 is 1.08 bits per heavy atom. The van der Waals surface area contributed by atoms with Crippen LogP contribution in [0.1, 0.15) is 27.4 Å². The van der Waals surface area contributed by atoms with Gasteiger partial charge in [0.25, 0.3) is 5.91 Å². The fourth-order valence-corrected chi connectivity index (χ4v) is 3.50. The predicted octanol–water partition coefficient (Wildman–Crippen LogP) is 3.51. The number of hydrogen-bond donors (Lipinski definition) is 1. The van der Waals surface area contributed by atoms with Crippen molar-refractivity contribution in [3.05, 3.63) is 77.2 Å². The molecule has 4 rings (SSSR count). The molecule has 5 heteroatoms. The van der Waals surface area contributed by atoms with E-state index in [9.17, 15) is 4.79 Å². The van der Waals surface area contributed by atoms with Crippen molar-refractivity contribution in [2.24, 2.45) is 0 Å². The Morgan fingerprint density at radius 2 is 1.69 bits per heavy atom. The maximum Gasteiger partial charge on any atom is 0.273 e. The van der Waals surface area contributed by atoms with Gasteiger partial charge in [-0.3, -0.25) is 4.79 Å². The van der Waals surface area contributed by atoms with E-state index in [-0.39, 0.29) is 5.91 Å². The van der Waals surface area contributed by atoms with Gasteiger partial charge >= 0.3 is 0 Å². The third kappa shape index (κ3) is 3.08. The molecule has 0 fully saturated rings. The summed E-state index contributed by atoms with van der Waals surface area (Å²) < 4.78 is 5.35. The molecule has 1 aliphatic rings. The van der Waals surface area contributed by atoms with Crippen molar-refractivity contribution in [1.29, 1.82) is 0 Å². The molecule has 1 aromatic heterocycles. The fraction of sp³-hybridized carbons (Fsp3) is 0.238. The van der Waals surface area contributed by atoms with E-state index in [0.29, 0.717) is 17.9 Å². The van der Waals surface area contributed by atoms with Gasteiger partial charge in [-0.2, -0.15) is 0 Å². The van der Waals surface area contributed by atoms with Gasteiger partial charge < -0.3 is 14.7 Å². The van der Waals surface area contributed by atoms with Crippen LogP contribution >= 0.6 is 0 Å². The number of fused-ring (bicyclic) bond motifs is 2. The monoisotopic (exact) mass is 347 g/mol. The lowest BCUT2D eigenvalue weighted by Crippen LogP contribution is -2.21. The highest BCUT2D eigenvalue weighted by atomic mass is 16.5. The van der Waals surface area contributed by atoms with Crippen molar-refractivity contribution in [2.75, 3.05) is 18.5 Å². The first-order valence-electron chi connectivity index (χ1n) is 8.87. The van der Waals surface area contributed by atoms with Gasteiger partial charge in [0, 0.05) is 37.5 Å². The molecule has 1 N–H and O–H groups in total. The summed E-state index contributed by atoms with van der Waals surface area (Å²) in [6, 6.07) is 18.8. The zero-order valence-electron chi connectivity index (χ0n) is 14.7. The molecule has 0 radical (unpaired) electrons. The number of carbonyl (C=O) groups excluding carboxylic acids is 1. The van der Waals surface area contributed by atoms with Crippen molar-refractivity contribution < 1.29 is 9.32 Å². The number of nitrogens with zero attached hydrogens (tertiary/aromatic N) is 2. The summed E-state index contributed by atoms with van der Waals surface area (Å²) in [7, 11) is 1.59. The number of anilines is 2. The molecule has 1 aliphatic heterocycles. The molecule has 0 bridgehead atoms. The van der Waals surface area contributed by atoms with Crippen molar-refractivity contribution in [1.82, 2.24) is 10.5 Å². The van der Waals surface area contributed by atoms with Crippen LogP contribution < -0.4 is 10.2 Å². The lowest BCUT2D eigenvalue weighted by Gasteiger charge is -2.26. The number of rotatable bonds is 4. The van der Waals surface area contributed by atoms with E-state index in [1.54, 1.807) is 13.1 Å². The molecule has 0 unspecified atom stereocenters. The number of aryl methyl sites for hydroxylation is 2. The topological polar surface area (TPSA) is 58.4 Å². The van der Waals surface area contributed by atoms with E-state index in [2.05, 4.69) is 63.9 Å². The molecule has 0 spiro atoms. The molecule has 1 amide bonds. The molecule has 2 heterocycles. The van der Waals surface area contributed by atoms with Crippen molar-refractivity contribution in [3.63, 3.8) is 0 Å². The molecule has 26 heavy (non-hydrogen) atoms. The average molecular weight is 347 g/mol. The van der Waals surface area contributed by atoms with Crippen molar-refractivity contribution in [3.8, 4) is 0 Å². The van der Waals surface area contributed by atoms with Gasteiger partial charge in [0.2, 0.25) is 0 Å². The molecule has 0 aliphatic carbocycles. The summed E-state index contributed by atoms with van der Waals surface area (Å²) >= 11 is 0. The Balaban J connectivity index is 1.63. The smallest absolute Gasteiger partial charge is 0.273 e. The second-order valence-electron chi connectivity index (χ2n) is 6.42. The highest BCUT2D eigenvalue weighted by Crippen LogP contribution is 2.35. The van der Waals surface area contributed by atoms with E-state index >= 15 is 0 Å². The molecule has 5 nitrogen and oxygen atoms in total. The van der Waals surface area contributed by atoms with Gasteiger partial charge in [-0.25, -0.2) is 0 Å². The molecule has 0 saturated heterocycles. The first-order valence-corrected chi connectivity index (χ1v) is 8.87. The maximum absolute atomic E-state index is 11.7. The predicted molar refractivity (Wildman–Crippen MR) is 101 cm³/mol. The van der Waals surface area contributed by atoms with Crippen LogP contribution in [0.25, 0.3) is 0 Å². The molecule has 0 atom stereocenters. The van der Waals surface area contributed by atoms with E-state index in [1.807, 2.05) is 0 Å². The highest BCUT2D eigenvalue weighted by molar-refractivity contribution is 5.91. The van der Waals surface area contributed by atoms with Crippen LogP contribution in [-0.2, 0) is 19.3 Å². The number of carbonyl (C=O) groups is 1. The number of para-hydroxylation sites is 2. The lowest BCUT2D eigenvalue weighted by molar-refractivity contribution is 0.0954. The normalized spacial score (nSPS) is 12.9. The quantitative estimate of drug-likeness (QED) is 0.785. The Hall–Kier alpha value is -3.08. The van der Waals surface area contributed by atoms with Crippen LogP contribution in [0.5, 0.6) is 0 Å². The molecular weight excluding hydrogens is 326 g/mol. The van der Waals surface area contributed by atoms with Gasteiger partial charge in [0.1, 0.15) is 5.76 Å². The van der Waals surface area contributed by atoms with E-state index in [4.69, 9.17) is 4.52 Å². The first kappa shape index (κ1) is 16.4.